The minimum atomic E-state index is 0.0752. The molecule has 0 radical (unpaired) electrons. The van der Waals surface area contributed by atoms with E-state index < -0.39 is 0 Å². The molecule has 0 amide bonds. The summed E-state index contributed by atoms with van der Waals surface area (Å²) in [6.45, 7) is 9.12. The molecule has 2 aromatic carbocycles. The second-order valence-corrected chi connectivity index (χ2v) is 10.6. The summed E-state index contributed by atoms with van der Waals surface area (Å²) in [6, 6.07) is 13.6. The van der Waals surface area contributed by atoms with Gasteiger partial charge in [-0.3, -0.25) is 0 Å². The van der Waals surface area contributed by atoms with Crippen LogP contribution in [-0.2, 0) is 24.7 Å². The van der Waals surface area contributed by atoms with Crippen molar-refractivity contribution in [2.45, 2.75) is 71.6 Å². The number of unbranched alkanes of at least 4 members (excludes halogenated alkanes) is 1. The number of ether oxygens (including phenoxy) is 2. The molecule has 1 aromatic heterocycles. The number of benzene rings is 2. The van der Waals surface area contributed by atoms with Crippen LogP contribution < -0.4 is 25.9 Å². The van der Waals surface area contributed by atoms with E-state index in [2.05, 4.69) is 64.1 Å². The van der Waals surface area contributed by atoms with Crippen molar-refractivity contribution in [3.63, 3.8) is 0 Å². The second-order valence-electron chi connectivity index (χ2n) is 10.6. The highest BCUT2D eigenvalue weighted by molar-refractivity contribution is 6.98. The lowest BCUT2D eigenvalue weighted by Gasteiger charge is -2.34. The fourth-order valence-corrected chi connectivity index (χ4v) is 5.45. The molecule has 6 rings (SSSR count). The van der Waals surface area contributed by atoms with E-state index in [9.17, 15) is 0 Å². The largest absolute Gasteiger partial charge is 0.458 e. The lowest BCUT2D eigenvalue weighted by Crippen LogP contribution is -2.58. The van der Waals surface area contributed by atoms with E-state index in [0.29, 0.717) is 0 Å². The number of aromatic nitrogens is 1. The van der Waals surface area contributed by atoms with Crippen molar-refractivity contribution >= 4 is 23.1 Å². The molecule has 0 bridgehead atoms. The SMILES string of the molecule is CCCCc1ccc2c(c1)Oc1nc3c(c4c1B2c1ccc(C(C)(C)C)cc1O4)CCC3. The first-order valence-corrected chi connectivity index (χ1v) is 12.1. The second kappa shape index (κ2) is 7.13. The van der Waals surface area contributed by atoms with E-state index in [1.807, 2.05) is 0 Å². The number of pyridine rings is 1. The smallest absolute Gasteiger partial charge is 0.262 e. The fourth-order valence-electron chi connectivity index (χ4n) is 5.45. The molecule has 0 N–H and O–H groups in total. The van der Waals surface area contributed by atoms with Crippen LogP contribution in [0, 0.1) is 0 Å². The van der Waals surface area contributed by atoms with Crippen LogP contribution in [0.5, 0.6) is 23.1 Å². The Morgan fingerprint density at radius 1 is 0.969 bits per heavy atom. The molecule has 3 heterocycles. The van der Waals surface area contributed by atoms with Gasteiger partial charge in [0, 0.05) is 11.0 Å². The van der Waals surface area contributed by atoms with Crippen molar-refractivity contribution in [3.05, 3.63) is 58.8 Å². The van der Waals surface area contributed by atoms with Crippen LogP contribution in [0.2, 0.25) is 0 Å². The van der Waals surface area contributed by atoms with E-state index in [1.54, 1.807) is 0 Å². The number of nitrogens with zero attached hydrogens (tertiary/aromatic N) is 1. The molecule has 4 heteroatoms. The van der Waals surface area contributed by atoms with Gasteiger partial charge in [0.05, 0.1) is 5.69 Å². The predicted octanol–water partition coefficient (Wildman–Crippen LogP) is 4.94. The van der Waals surface area contributed by atoms with E-state index in [-0.39, 0.29) is 12.1 Å². The zero-order valence-electron chi connectivity index (χ0n) is 19.5. The highest BCUT2D eigenvalue weighted by Gasteiger charge is 2.43. The lowest BCUT2D eigenvalue weighted by atomic mass is 9.35. The number of fused-ring (bicyclic) bond motifs is 6. The molecule has 1 aliphatic carbocycles. The Kier molecular flexibility index (Phi) is 4.44. The molecule has 32 heavy (non-hydrogen) atoms. The summed E-state index contributed by atoms with van der Waals surface area (Å²) in [7, 11) is 0. The summed E-state index contributed by atoms with van der Waals surface area (Å²) in [6.07, 6.45) is 6.65. The molecule has 162 valence electrons. The van der Waals surface area contributed by atoms with E-state index in [0.717, 1.165) is 60.0 Å². The van der Waals surface area contributed by atoms with Gasteiger partial charge in [0.25, 0.3) is 6.71 Å². The van der Waals surface area contributed by atoms with Crippen LogP contribution >= 0.6 is 0 Å². The third-order valence-corrected chi connectivity index (χ3v) is 7.28. The first-order valence-electron chi connectivity index (χ1n) is 12.1. The standard InChI is InChI=1S/C28H30BNO2/c1-5-6-8-17-11-13-20-23(15-17)32-27-25-26(19-9-7-10-22(19)30-27)31-24-16-18(28(2,3)4)12-14-21(24)29(20)25/h11-16H,5-10H2,1-4H3. The van der Waals surface area contributed by atoms with Crippen molar-refractivity contribution in [1.82, 2.24) is 4.98 Å². The Labute approximate surface area is 191 Å². The van der Waals surface area contributed by atoms with Gasteiger partial charge in [-0.05, 0) is 71.7 Å². The molecule has 0 saturated heterocycles. The van der Waals surface area contributed by atoms with Crippen molar-refractivity contribution in [1.29, 1.82) is 0 Å². The van der Waals surface area contributed by atoms with Crippen LogP contribution in [0.15, 0.2) is 36.4 Å². The van der Waals surface area contributed by atoms with Crippen molar-refractivity contribution < 1.29 is 9.47 Å². The third-order valence-electron chi connectivity index (χ3n) is 7.28. The molecule has 0 fully saturated rings. The van der Waals surface area contributed by atoms with Crippen LogP contribution in [0.1, 0.15) is 69.3 Å². The lowest BCUT2D eigenvalue weighted by molar-refractivity contribution is 0.445. The minimum absolute atomic E-state index is 0.0752. The first kappa shape index (κ1) is 19.9. The molecule has 3 aromatic rings. The van der Waals surface area contributed by atoms with Gasteiger partial charge in [-0.1, -0.05) is 58.4 Å². The zero-order chi connectivity index (χ0) is 22.0. The maximum absolute atomic E-state index is 6.67. The zero-order valence-corrected chi connectivity index (χ0v) is 19.5. The van der Waals surface area contributed by atoms with Crippen molar-refractivity contribution in [2.75, 3.05) is 0 Å². The Morgan fingerprint density at radius 2 is 1.75 bits per heavy atom. The van der Waals surface area contributed by atoms with Crippen LogP contribution in [-0.4, -0.2) is 11.7 Å². The average Bonchev–Trinajstić information content (AvgIpc) is 3.24. The molecule has 3 aliphatic rings. The average molecular weight is 423 g/mol. The normalized spacial score (nSPS) is 15.3. The number of rotatable bonds is 3. The minimum Gasteiger partial charge on any atom is -0.458 e. The predicted molar refractivity (Wildman–Crippen MR) is 131 cm³/mol. The number of hydrogen-bond donors (Lipinski definition) is 0. The quantitative estimate of drug-likeness (QED) is 0.386. The molecule has 0 atom stereocenters. The third kappa shape index (κ3) is 2.99. The van der Waals surface area contributed by atoms with E-state index in [1.165, 1.54) is 40.5 Å². The summed E-state index contributed by atoms with van der Waals surface area (Å²) in [4.78, 5) is 5.00. The fraction of sp³-hybridized carbons (Fsp3) is 0.393. The number of aryl methyl sites for hydroxylation is 2. The van der Waals surface area contributed by atoms with Crippen molar-refractivity contribution in [3.8, 4) is 23.1 Å². The van der Waals surface area contributed by atoms with Gasteiger partial charge in [0.2, 0.25) is 5.88 Å². The molecule has 0 unspecified atom stereocenters. The molecule has 3 nitrogen and oxygen atoms in total. The van der Waals surface area contributed by atoms with Gasteiger partial charge in [-0.15, -0.1) is 0 Å². The molecule has 2 aliphatic heterocycles. The van der Waals surface area contributed by atoms with Gasteiger partial charge in [0.1, 0.15) is 17.2 Å². The topological polar surface area (TPSA) is 31.4 Å². The van der Waals surface area contributed by atoms with E-state index >= 15 is 0 Å². The molecule has 0 spiro atoms. The summed E-state index contributed by atoms with van der Waals surface area (Å²) < 4.78 is 13.1. The summed E-state index contributed by atoms with van der Waals surface area (Å²) in [5, 5.41) is 0. The summed E-state index contributed by atoms with van der Waals surface area (Å²) in [5.41, 5.74) is 8.72. The Balaban J connectivity index is 1.56. The molecular weight excluding hydrogens is 393 g/mol. The Morgan fingerprint density at radius 3 is 2.53 bits per heavy atom. The molecule has 0 saturated carbocycles. The first-order chi connectivity index (χ1) is 15.4. The monoisotopic (exact) mass is 423 g/mol. The van der Waals surface area contributed by atoms with Gasteiger partial charge >= 0.3 is 0 Å². The van der Waals surface area contributed by atoms with Crippen LogP contribution in [0.3, 0.4) is 0 Å². The maximum atomic E-state index is 6.67. The van der Waals surface area contributed by atoms with Crippen LogP contribution in [0.25, 0.3) is 0 Å². The maximum Gasteiger partial charge on any atom is 0.262 e. The van der Waals surface area contributed by atoms with Gasteiger partial charge in [0.15, 0.2) is 0 Å². The Hall–Kier alpha value is -2.75. The highest BCUT2D eigenvalue weighted by Crippen LogP contribution is 2.40. The van der Waals surface area contributed by atoms with E-state index in [4.69, 9.17) is 14.5 Å². The highest BCUT2D eigenvalue weighted by atomic mass is 16.5. The van der Waals surface area contributed by atoms with Gasteiger partial charge < -0.3 is 9.47 Å². The van der Waals surface area contributed by atoms with Crippen LogP contribution in [0.4, 0.5) is 0 Å². The van der Waals surface area contributed by atoms with Gasteiger partial charge in [-0.25, -0.2) is 4.98 Å². The summed E-state index contributed by atoms with van der Waals surface area (Å²) >= 11 is 0. The Bertz CT molecular complexity index is 1240. The number of hydrogen-bond acceptors (Lipinski definition) is 3. The molecular formula is C28H30BNO2. The summed E-state index contributed by atoms with van der Waals surface area (Å²) in [5.74, 6) is 3.70. The van der Waals surface area contributed by atoms with Crippen molar-refractivity contribution in [2.24, 2.45) is 0 Å². The van der Waals surface area contributed by atoms with Gasteiger partial charge in [-0.2, -0.15) is 0 Å².